The number of hydrogen-bond donors (Lipinski definition) is 1. The molecule has 2 aromatic carbocycles. The normalized spacial score (nSPS) is 11.5. The van der Waals surface area contributed by atoms with Crippen molar-refractivity contribution in [2.75, 3.05) is 4.72 Å². The largest absolute Gasteiger partial charge is 0.334 e. The molecule has 0 aliphatic carbocycles. The van der Waals surface area contributed by atoms with E-state index in [1.165, 1.54) is 47.8 Å². The zero-order valence-electron chi connectivity index (χ0n) is 14.0. The van der Waals surface area contributed by atoms with Gasteiger partial charge >= 0.3 is 0 Å². The Morgan fingerprint density at radius 2 is 1.82 bits per heavy atom. The fourth-order valence-electron chi connectivity index (χ4n) is 2.39. The number of rotatable bonds is 5. The van der Waals surface area contributed by atoms with E-state index in [9.17, 15) is 17.2 Å². The molecular formula is C18H11F2N3O3S2. The van der Waals surface area contributed by atoms with Crippen molar-refractivity contribution in [1.82, 2.24) is 10.1 Å². The SMILES string of the molecule is O=S(=O)(Nc1ccccc1F)c1cc(-c2nc(-c3cccc(F)c3)no2)cs1. The van der Waals surface area contributed by atoms with Crippen LogP contribution in [0.2, 0.25) is 0 Å². The lowest BCUT2D eigenvalue weighted by atomic mass is 10.2. The van der Waals surface area contributed by atoms with E-state index in [1.807, 2.05) is 0 Å². The van der Waals surface area contributed by atoms with Gasteiger partial charge in [-0.05, 0) is 30.3 Å². The summed E-state index contributed by atoms with van der Waals surface area (Å²) in [5.41, 5.74) is 0.664. The summed E-state index contributed by atoms with van der Waals surface area (Å²) in [6.07, 6.45) is 0. The number of sulfonamides is 1. The molecular weight excluding hydrogens is 408 g/mol. The number of aromatic nitrogens is 2. The molecule has 0 saturated heterocycles. The second kappa shape index (κ2) is 7.13. The van der Waals surface area contributed by atoms with Gasteiger partial charge in [0.1, 0.15) is 15.8 Å². The predicted octanol–water partition coefficient (Wildman–Crippen LogP) is 4.54. The molecule has 142 valence electrons. The van der Waals surface area contributed by atoms with E-state index in [0.29, 0.717) is 11.1 Å². The molecule has 0 atom stereocenters. The zero-order valence-corrected chi connectivity index (χ0v) is 15.6. The van der Waals surface area contributed by atoms with Crippen molar-refractivity contribution in [3.8, 4) is 22.8 Å². The van der Waals surface area contributed by atoms with Gasteiger partial charge in [0.15, 0.2) is 0 Å². The number of anilines is 1. The highest BCUT2D eigenvalue weighted by Gasteiger charge is 2.21. The van der Waals surface area contributed by atoms with Crippen LogP contribution in [-0.4, -0.2) is 18.6 Å². The van der Waals surface area contributed by atoms with Crippen LogP contribution in [0.4, 0.5) is 14.5 Å². The van der Waals surface area contributed by atoms with E-state index in [4.69, 9.17) is 4.52 Å². The molecule has 0 fully saturated rings. The molecule has 0 aliphatic heterocycles. The first-order valence-corrected chi connectivity index (χ1v) is 10.2. The summed E-state index contributed by atoms with van der Waals surface area (Å²) in [7, 11) is -3.98. The Morgan fingerprint density at radius 1 is 1.00 bits per heavy atom. The van der Waals surface area contributed by atoms with E-state index in [2.05, 4.69) is 14.9 Å². The van der Waals surface area contributed by atoms with E-state index in [1.54, 1.807) is 6.07 Å². The highest BCUT2D eigenvalue weighted by Crippen LogP contribution is 2.30. The lowest BCUT2D eigenvalue weighted by Crippen LogP contribution is -2.12. The Bertz CT molecular complexity index is 1250. The average Bonchev–Trinajstić information content (AvgIpc) is 3.33. The maximum Gasteiger partial charge on any atom is 0.271 e. The van der Waals surface area contributed by atoms with Crippen LogP contribution in [0.25, 0.3) is 22.8 Å². The van der Waals surface area contributed by atoms with Crippen LogP contribution in [-0.2, 0) is 10.0 Å². The van der Waals surface area contributed by atoms with Gasteiger partial charge in [0.05, 0.1) is 11.3 Å². The fourth-order valence-corrected chi connectivity index (χ4v) is 4.62. The second-order valence-corrected chi connectivity index (χ2v) is 8.49. The molecule has 0 aliphatic rings. The third-order valence-corrected chi connectivity index (χ3v) is 6.52. The monoisotopic (exact) mass is 419 g/mol. The van der Waals surface area contributed by atoms with Gasteiger partial charge in [0.25, 0.3) is 15.9 Å². The molecule has 0 amide bonds. The fraction of sp³-hybridized carbons (Fsp3) is 0. The van der Waals surface area contributed by atoms with Gasteiger partial charge in [-0.15, -0.1) is 11.3 Å². The first kappa shape index (κ1) is 18.3. The lowest BCUT2D eigenvalue weighted by Gasteiger charge is -2.06. The van der Waals surface area contributed by atoms with Gasteiger partial charge in [0, 0.05) is 10.9 Å². The van der Waals surface area contributed by atoms with Crippen LogP contribution in [0.5, 0.6) is 0 Å². The molecule has 0 bridgehead atoms. The van der Waals surface area contributed by atoms with Gasteiger partial charge in [-0.25, -0.2) is 17.2 Å². The smallest absolute Gasteiger partial charge is 0.271 e. The number of nitrogens with zero attached hydrogens (tertiary/aromatic N) is 2. The quantitative estimate of drug-likeness (QED) is 0.513. The van der Waals surface area contributed by atoms with E-state index >= 15 is 0 Å². The molecule has 10 heteroatoms. The molecule has 4 aromatic rings. The summed E-state index contributed by atoms with van der Waals surface area (Å²) < 4.78 is 59.3. The van der Waals surface area contributed by atoms with Crippen LogP contribution >= 0.6 is 11.3 Å². The molecule has 0 radical (unpaired) electrons. The van der Waals surface area contributed by atoms with Crippen molar-refractivity contribution in [3.05, 3.63) is 71.6 Å². The standard InChI is InChI=1S/C18H11F2N3O3S2/c19-13-5-3-4-11(8-13)17-21-18(26-22-17)12-9-16(27-10-12)28(24,25)23-15-7-2-1-6-14(15)20/h1-10,23H. The maximum atomic E-state index is 13.7. The highest BCUT2D eigenvalue weighted by atomic mass is 32.2. The van der Waals surface area contributed by atoms with Crippen molar-refractivity contribution < 1.29 is 21.7 Å². The Hall–Kier alpha value is -3.11. The van der Waals surface area contributed by atoms with Crippen molar-refractivity contribution in [1.29, 1.82) is 0 Å². The van der Waals surface area contributed by atoms with E-state index in [-0.39, 0.29) is 21.6 Å². The van der Waals surface area contributed by atoms with Crippen LogP contribution < -0.4 is 4.72 Å². The van der Waals surface area contributed by atoms with Gasteiger partial charge in [0.2, 0.25) is 5.82 Å². The number of thiophene rings is 1. The third-order valence-electron chi connectivity index (χ3n) is 3.71. The summed E-state index contributed by atoms with van der Waals surface area (Å²) in [6, 6.07) is 12.5. The summed E-state index contributed by atoms with van der Waals surface area (Å²) in [4.78, 5) is 4.17. The first-order valence-electron chi connectivity index (χ1n) is 7.88. The van der Waals surface area contributed by atoms with Crippen molar-refractivity contribution in [3.63, 3.8) is 0 Å². The van der Waals surface area contributed by atoms with Gasteiger partial charge < -0.3 is 4.52 Å². The molecule has 0 spiro atoms. The molecule has 6 nitrogen and oxygen atoms in total. The van der Waals surface area contributed by atoms with E-state index < -0.39 is 21.7 Å². The molecule has 0 saturated carbocycles. The third kappa shape index (κ3) is 3.64. The van der Waals surface area contributed by atoms with Crippen LogP contribution in [0, 0.1) is 11.6 Å². The summed E-state index contributed by atoms with van der Waals surface area (Å²) >= 11 is 0.923. The van der Waals surface area contributed by atoms with Gasteiger partial charge in [-0.1, -0.05) is 29.4 Å². The Labute approximate surface area is 162 Å². The Balaban J connectivity index is 1.60. The summed E-state index contributed by atoms with van der Waals surface area (Å²) in [5.74, 6) is -0.857. The second-order valence-electron chi connectivity index (χ2n) is 5.67. The number of hydrogen-bond acceptors (Lipinski definition) is 6. The maximum absolute atomic E-state index is 13.7. The van der Waals surface area contributed by atoms with Crippen LogP contribution in [0.3, 0.4) is 0 Å². The van der Waals surface area contributed by atoms with Crippen LogP contribution in [0.1, 0.15) is 0 Å². The Kier molecular flexibility index (Phi) is 4.65. The summed E-state index contributed by atoms with van der Waals surface area (Å²) in [6.45, 7) is 0. The molecule has 4 rings (SSSR count). The van der Waals surface area contributed by atoms with Gasteiger partial charge in [-0.3, -0.25) is 4.72 Å². The first-order chi connectivity index (χ1) is 13.4. The molecule has 2 heterocycles. The minimum atomic E-state index is -3.98. The van der Waals surface area contributed by atoms with Gasteiger partial charge in [-0.2, -0.15) is 4.98 Å². The van der Waals surface area contributed by atoms with Crippen molar-refractivity contribution >= 4 is 27.0 Å². The minimum absolute atomic E-state index is 0.0451. The lowest BCUT2D eigenvalue weighted by molar-refractivity contribution is 0.432. The number of benzene rings is 2. The van der Waals surface area contributed by atoms with Crippen LogP contribution in [0.15, 0.2) is 68.7 Å². The number of para-hydroxylation sites is 1. The molecule has 1 N–H and O–H groups in total. The molecule has 2 aromatic heterocycles. The van der Waals surface area contributed by atoms with E-state index in [0.717, 1.165) is 17.4 Å². The zero-order chi connectivity index (χ0) is 19.7. The Morgan fingerprint density at radius 3 is 2.61 bits per heavy atom. The average molecular weight is 419 g/mol. The predicted molar refractivity (Wildman–Crippen MR) is 100 cm³/mol. The van der Waals surface area contributed by atoms with Crippen molar-refractivity contribution in [2.45, 2.75) is 4.21 Å². The molecule has 0 unspecified atom stereocenters. The number of halogens is 2. The number of nitrogens with one attached hydrogen (secondary N) is 1. The topological polar surface area (TPSA) is 85.1 Å². The molecule has 28 heavy (non-hydrogen) atoms. The minimum Gasteiger partial charge on any atom is -0.334 e. The van der Waals surface area contributed by atoms with Crippen molar-refractivity contribution in [2.24, 2.45) is 0 Å². The summed E-state index contributed by atoms with van der Waals surface area (Å²) in [5, 5.41) is 5.32. The highest BCUT2D eigenvalue weighted by molar-refractivity contribution is 7.94.